The third-order valence-corrected chi connectivity index (χ3v) is 12.6. The van der Waals surface area contributed by atoms with Crippen molar-refractivity contribution in [1.29, 1.82) is 0 Å². The lowest BCUT2D eigenvalue weighted by Crippen LogP contribution is -2.54. The van der Waals surface area contributed by atoms with Crippen LogP contribution in [0.4, 0.5) is 26.3 Å². The van der Waals surface area contributed by atoms with Crippen LogP contribution in [0, 0.1) is 13.8 Å². The first-order chi connectivity index (χ1) is 34.0. The average Bonchev–Trinajstić information content (AvgIpc) is 3.35. The Morgan fingerprint density at radius 1 is 0.437 bits per heavy atom. The second-order valence-corrected chi connectivity index (χ2v) is 17.9. The van der Waals surface area contributed by atoms with E-state index in [-0.39, 0.29) is 34.6 Å². The van der Waals surface area contributed by atoms with Gasteiger partial charge >= 0.3 is 12.4 Å². The molecule has 0 aliphatic carbocycles. The largest absolute Gasteiger partial charge is 0.493 e. The minimum absolute atomic E-state index is 0.0169. The van der Waals surface area contributed by atoms with Crippen LogP contribution in [0.1, 0.15) is 124 Å². The Balaban J connectivity index is 0.960. The molecule has 0 fully saturated rings. The minimum Gasteiger partial charge on any atom is -0.493 e. The molecular weight excluding hydrogens is 915 g/mol. The van der Waals surface area contributed by atoms with Gasteiger partial charge in [-0.1, -0.05) is 142 Å². The van der Waals surface area contributed by atoms with Crippen molar-refractivity contribution in [2.45, 2.75) is 96.3 Å². The molecule has 0 atom stereocenters. The summed E-state index contributed by atoms with van der Waals surface area (Å²) in [7, 11) is 0. The van der Waals surface area contributed by atoms with E-state index in [9.17, 15) is 35.9 Å². The predicted octanol–water partition coefficient (Wildman–Crippen LogP) is 16.9. The van der Waals surface area contributed by atoms with Crippen molar-refractivity contribution >= 4 is 11.6 Å². The average molecular weight is 971 g/mol. The summed E-state index contributed by atoms with van der Waals surface area (Å²) < 4.78 is 108. The van der Waals surface area contributed by atoms with Gasteiger partial charge < -0.3 is 14.2 Å². The molecule has 7 aromatic rings. The van der Waals surface area contributed by atoms with Gasteiger partial charge in [0.15, 0.2) is 11.6 Å². The topological polar surface area (TPSA) is 61.8 Å². The first kappa shape index (κ1) is 51.7. The quantitative estimate of drug-likeness (QED) is 0.0385. The fourth-order valence-corrected chi connectivity index (χ4v) is 8.52. The second-order valence-electron chi connectivity index (χ2n) is 17.9. The normalized spacial score (nSPS) is 11.8. The summed E-state index contributed by atoms with van der Waals surface area (Å²) in [5, 5.41) is 0. The third-order valence-electron chi connectivity index (χ3n) is 12.6. The van der Waals surface area contributed by atoms with Crippen LogP contribution in [0.25, 0.3) is 0 Å². The lowest BCUT2D eigenvalue weighted by Gasteiger charge is -2.38. The smallest absolute Gasteiger partial charge is 0.411 e. The molecule has 0 amide bonds. The zero-order valence-electron chi connectivity index (χ0n) is 40.0. The standard InChI is InChI=1S/C60H56F6O5/c1-4-5-6-7-8-9-10-11-38-69-55-40-44(15-14-42(55)3)39-43-16-20-46(21-17-43)57(68)48-24-32-52(33-25-48)71-54-36-28-50(29-37-54)58(59(61,62)63,60(64,65)66)49-26-34-53(35-27-49)70-51-30-22-47(23-31-51)56(67)45-18-12-41(2)13-19-45/h12-37,40H,4-11,38-39H2,1-3H3. The van der Waals surface area contributed by atoms with Gasteiger partial charge in [0.25, 0.3) is 0 Å². The molecule has 0 radical (unpaired) electrons. The van der Waals surface area contributed by atoms with E-state index in [0.29, 0.717) is 35.3 Å². The van der Waals surface area contributed by atoms with Crippen LogP contribution in [0.5, 0.6) is 28.7 Å². The Labute approximate surface area is 411 Å². The Bertz CT molecular complexity index is 2820. The van der Waals surface area contributed by atoms with Crippen molar-refractivity contribution < 1.29 is 50.1 Å². The number of ether oxygens (including phenoxy) is 3. The maximum Gasteiger partial charge on any atom is 0.411 e. The molecular formula is C60H56F6O5. The lowest BCUT2D eigenvalue weighted by molar-refractivity contribution is -0.288. The molecule has 0 aliphatic heterocycles. The highest BCUT2D eigenvalue weighted by molar-refractivity contribution is 6.09. The summed E-state index contributed by atoms with van der Waals surface area (Å²) in [5.74, 6) is 0.809. The molecule has 0 bridgehead atoms. The Hall–Kier alpha value is -7.14. The van der Waals surface area contributed by atoms with Crippen LogP contribution < -0.4 is 14.2 Å². The summed E-state index contributed by atoms with van der Waals surface area (Å²) in [4.78, 5) is 26.3. The van der Waals surface area contributed by atoms with Crippen molar-refractivity contribution in [3.8, 4) is 28.7 Å². The maximum absolute atomic E-state index is 15.0. The molecule has 0 N–H and O–H groups in total. The fraction of sp³-hybridized carbons (Fsp3) is 0.267. The molecule has 368 valence electrons. The van der Waals surface area contributed by atoms with Crippen LogP contribution in [0.15, 0.2) is 164 Å². The number of unbranched alkanes of at least 4 members (excludes halogenated alkanes) is 7. The summed E-state index contributed by atoms with van der Waals surface area (Å²) >= 11 is 0. The highest BCUT2D eigenvalue weighted by atomic mass is 19.4. The summed E-state index contributed by atoms with van der Waals surface area (Å²) in [6, 6.07) is 39.8. The third kappa shape index (κ3) is 12.8. The molecule has 0 aromatic heterocycles. The number of rotatable bonds is 22. The van der Waals surface area contributed by atoms with Crippen LogP contribution in [0.3, 0.4) is 0 Å². The number of halogens is 6. The zero-order valence-corrected chi connectivity index (χ0v) is 40.0. The Morgan fingerprint density at radius 3 is 1.23 bits per heavy atom. The lowest BCUT2D eigenvalue weighted by atomic mass is 9.73. The number of ketones is 2. The van der Waals surface area contributed by atoms with E-state index in [1.807, 2.05) is 38.1 Å². The van der Waals surface area contributed by atoms with Gasteiger partial charge in [-0.3, -0.25) is 9.59 Å². The Morgan fingerprint density at radius 2 is 0.803 bits per heavy atom. The highest BCUT2D eigenvalue weighted by Gasteiger charge is 2.72. The van der Waals surface area contributed by atoms with Gasteiger partial charge in [-0.25, -0.2) is 0 Å². The van der Waals surface area contributed by atoms with E-state index in [0.717, 1.165) is 89.4 Å². The molecule has 0 saturated carbocycles. The van der Waals surface area contributed by atoms with E-state index in [1.165, 1.54) is 87.1 Å². The first-order valence-electron chi connectivity index (χ1n) is 23.9. The van der Waals surface area contributed by atoms with Gasteiger partial charge in [0.05, 0.1) is 6.61 Å². The highest BCUT2D eigenvalue weighted by Crippen LogP contribution is 2.56. The van der Waals surface area contributed by atoms with Gasteiger partial charge in [-0.2, -0.15) is 26.3 Å². The SMILES string of the molecule is CCCCCCCCCCOc1cc(Cc2ccc(C(=O)c3ccc(Oc4ccc(C(c5ccc(Oc6ccc(C(=O)c7ccc(C)cc7)cc6)cc5)(C(F)(F)F)C(F)(F)F)cc4)cc3)cc2)ccc1C. The number of alkyl halides is 6. The van der Waals surface area contributed by atoms with Gasteiger partial charge in [-0.15, -0.1) is 0 Å². The molecule has 7 rings (SSSR count). The number of hydrogen-bond acceptors (Lipinski definition) is 5. The van der Waals surface area contributed by atoms with E-state index in [1.54, 1.807) is 24.3 Å². The fourth-order valence-electron chi connectivity index (χ4n) is 8.52. The second kappa shape index (κ2) is 23.2. The zero-order chi connectivity index (χ0) is 50.6. The molecule has 0 heterocycles. The van der Waals surface area contributed by atoms with Gasteiger partial charge in [0.1, 0.15) is 28.7 Å². The van der Waals surface area contributed by atoms with Crippen LogP contribution >= 0.6 is 0 Å². The van der Waals surface area contributed by atoms with Crippen LogP contribution in [0.2, 0.25) is 0 Å². The van der Waals surface area contributed by atoms with E-state index in [2.05, 4.69) is 25.1 Å². The Kier molecular flexibility index (Phi) is 16.9. The molecule has 5 nitrogen and oxygen atoms in total. The maximum atomic E-state index is 15.0. The van der Waals surface area contributed by atoms with Crippen molar-refractivity contribution in [2.24, 2.45) is 0 Å². The van der Waals surface area contributed by atoms with E-state index < -0.39 is 28.9 Å². The van der Waals surface area contributed by atoms with E-state index >= 15 is 0 Å². The van der Waals surface area contributed by atoms with Crippen LogP contribution in [-0.4, -0.2) is 30.5 Å². The van der Waals surface area contributed by atoms with E-state index in [4.69, 9.17) is 14.2 Å². The minimum atomic E-state index is -5.81. The van der Waals surface area contributed by atoms with Gasteiger partial charge in [-0.05, 0) is 133 Å². The van der Waals surface area contributed by atoms with Crippen molar-refractivity contribution in [3.63, 3.8) is 0 Å². The molecule has 0 spiro atoms. The predicted molar refractivity (Wildman–Crippen MR) is 265 cm³/mol. The van der Waals surface area contributed by atoms with Crippen molar-refractivity contribution in [1.82, 2.24) is 0 Å². The molecule has 0 aliphatic rings. The summed E-state index contributed by atoms with van der Waals surface area (Å²) in [5.41, 5.74) is -0.668. The number of hydrogen-bond donors (Lipinski definition) is 0. The van der Waals surface area contributed by atoms with Crippen molar-refractivity contribution in [3.05, 3.63) is 219 Å². The number of carbonyl (C=O) groups excluding carboxylic acids is 2. The monoisotopic (exact) mass is 970 g/mol. The number of carbonyl (C=O) groups is 2. The van der Waals surface area contributed by atoms with Gasteiger partial charge in [0, 0.05) is 22.3 Å². The number of benzene rings is 7. The molecule has 7 aromatic carbocycles. The summed E-state index contributed by atoms with van der Waals surface area (Å²) in [6.45, 7) is 6.85. The van der Waals surface area contributed by atoms with Gasteiger partial charge in [0.2, 0.25) is 5.41 Å². The van der Waals surface area contributed by atoms with Crippen molar-refractivity contribution in [2.75, 3.05) is 6.61 Å². The molecule has 0 unspecified atom stereocenters. The molecule has 0 saturated heterocycles. The number of aryl methyl sites for hydroxylation is 2. The van der Waals surface area contributed by atoms with Crippen LogP contribution in [-0.2, 0) is 11.8 Å². The summed E-state index contributed by atoms with van der Waals surface area (Å²) in [6.07, 6.45) is -1.10. The molecule has 11 heteroatoms. The molecule has 71 heavy (non-hydrogen) atoms. The first-order valence-corrected chi connectivity index (χ1v) is 23.9.